The van der Waals surface area contributed by atoms with Gasteiger partial charge in [-0.15, -0.1) is 11.3 Å². The van der Waals surface area contributed by atoms with Crippen LogP contribution in [0.2, 0.25) is 0 Å². The van der Waals surface area contributed by atoms with Crippen molar-refractivity contribution in [1.82, 2.24) is 9.38 Å². The Morgan fingerprint density at radius 1 is 1.62 bits per heavy atom. The van der Waals surface area contributed by atoms with E-state index < -0.39 is 11.3 Å². The van der Waals surface area contributed by atoms with Gasteiger partial charge in [0.15, 0.2) is 4.96 Å². The highest BCUT2D eigenvalue weighted by Crippen LogP contribution is 2.61. The second-order valence-electron chi connectivity index (χ2n) is 4.27. The fraction of sp³-hybridized carbons (Fsp3) is 0.500. The number of halogens is 2. The zero-order valence-corrected chi connectivity index (χ0v) is 9.52. The van der Waals surface area contributed by atoms with Crippen LogP contribution in [-0.2, 0) is 5.41 Å². The molecule has 0 aromatic carbocycles. The number of rotatable bonds is 2. The van der Waals surface area contributed by atoms with E-state index in [-0.39, 0.29) is 13.0 Å². The third-order valence-corrected chi connectivity index (χ3v) is 4.09. The maximum atomic E-state index is 13.5. The monoisotopic (exact) mass is 243 g/mol. The number of hydrogen-bond acceptors (Lipinski definition) is 3. The van der Waals surface area contributed by atoms with Crippen LogP contribution in [0.5, 0.6) is 0 Å². The summed E-state index contributed by atoms with van der Waals surface area (Å²) in [6.07, 6.45) is 1.61. The molecule has 1 aliphatic carbocycles. The highest BCUT2D eigenvalue weighted by molar-refractivity contribution is 7.15. The molecule has 3 rings (SSSR count). The van der Waals surface area contributed by atoms with Gasteiger partial charge in [-0.25, -0.2) is 13.8 Å². The van der Waals surface area contributed by atoms with Crippen LogP contribution in [0, 0.1) is 6.92 Å². The minimum atomic E-state index is -2.69. The Balaban J connectivity index is 2.26. The Morgan fingerprint density at radius 3 is 2.88 bits per heavy atom. The zero-order chi connectivity index (χ0) is 11.6. The average molecular weight is 243 g/mol. The largest absolute Gasteiger partial charge is 0.329 e. The van der Waals surface area contributed by atoms with Crippen LogP contribution in [0.25, 0.3) is 4.96 Å². The van der Waals surface area contributed by atoms with Crippen LogP contribution >= 0.6 is 11.3 Å². The number of aromatic nitrogens is 2. The maximum Gasteiger partial charge on any atom is 0.261 e. The zero-order valence-electron chi connectivity index (χ0n) is 8.70. The molecular weight excluding hydrogens is 232 g/mol. The van der Waals surface area contributed by atoms with Crippen LogP contribution in [-0.4, -0.2) is 21.9 Å². The molecule has 0 saturated heterocycles. The Kier molecular flexibility index (Phi) is 1.78. The topological polar surface area (TPSA) is 43.3 Å². The molecule has 2 aromatic rings. The first-order chi connectivity index (χ1) is 7.52. The average Bonchev–Trinajstić information content (AvgIpc) is 2.54. The summed E-state index contributed by atoms with van der Waals surface area (Å²) in [5.74, 6) is -2.69. The van der Waals surface area contributed by atoms with Crippen LogP contribution in [0.3, 0.4) is 0 Å². The van der Waals surface area contributed by atoms with Gasteiger partial charge in [0, 0.05) is 24.5 Å². The van der Waals surface area contributed by atoms with Gasteiger partial charge in [0.1, 0.15) is 0 Å². The molecule has 1 aliphatic rings. The standard InChI is InChI=1S/C10H11F2N3S/c1-6-7(9(5-13)4-10(9,11)12)15-2-3-16-8(15)14-6/h2-3H,4-5,13H2,1H3. The summed E-state index contributed by atoms with van der Waals surface area (Å²) < 4.78 is 28.8. The molecule has 2 N–H and O–H groups in total. The Labute approximate surface area is 94.9 Å². The van der Waals surface area contributed by atoms with Gasteiger partial charge in [0.05, 0.1) is 16.8 Å². The SMILES string of the molecule is Cc1nc2sccn2c1C1(CN)CC1(F)F. The molecule has 2 aromatic heterocycles. The Bertz CT molecular complexity index is 559. The quantitative estimate of drug-likeness (QED) is 0.876. The summed E-state index contributed by atoms with van der Waals surface area (Å²) in [5.41, 5.74) is 5.59. The van der Waals surface area contributed by atoms with Gasteiger partial charge in [-0.2, -0.15) is 0 Å². The van der Waals surface area contributed by atoms with Crippen LogP contribution in [0.1, 0.15) is 17.8 Å². The van der Waals surface area contributed by atoms with Crippen molar-refractivity contribution in [2.45, 2.75) is 24.7 Å². The van der Waals surface area contributed by atoms with Crippen molar-refractivity contribution in [2.75, 3.05) is 6.54 Å². The molecule has 1 fully saturated rings. The second kappa shape index (κ2) is 2.81. The van der Waals surface area contributed by atoms with Crippen molar-refractivity contribution >= 4 is 16.3 Å². The second-order valence-corrected chi connectivity index (χ2v) is 5.14. The van der Waals surface area contributed by atoms with Gasteiger partial charge >= 0.3 is 0 Å². The van der Waals surface area contributed by atoms with Crippen molar-refractivity contribution in [1.29, 1.82) is 0 Å². The third kappa shape index (κ3) is 1.01. The Morgan fingerprint density at radius 2 is 2.31 bits per heavy atom. The summed E-state index contributed by atoms with van der Waals surface area (Å²) in [5, 5.41) is 1.84. The van der Waals surface area contributed by atoms with E-state index in [1.165, 1.54) is 11.3 Å². The van der Waals surface area contributed by atoms with Gasteiger partial charge in [0.2, 0.25) is 0 Å². The lowest BCUT2D eigenvalue weighted by molar-refractivity contribution is 0.0882. The number of fused-ring (bicyclic) bond motifs is 1. The van der Waals surface area contributed by atoms with Crippen LogP contribution < -0.4 is 5.73 Å². The fourth-order valence-electron chi connectivity index (χ4n) is 2.38. The maximum absolute atomic E-state index is 13.5. The minimum Gasteiger partial charge on any atom is -0.329 e. The van der Waals surface area contributed by atoms with Crippen molar-refractivity contribution in [2.24, 2.45) is 5.73 Å². The molecule has 0 bridgehead atoms. The normalized spacial score (nSPS) is 27.5. The van der Waals surface area contributed by atoms with E-state index >= 15 is 0 Å². The summed E-state index contributed by atoms with van der Waals surface area (Å²) in [6.45, 7) is 1.73. The number of nitrogens with two attached hydrogens (primary N) is 1. The number of nitrogens with zero attached hydrogens (tertiary/aromatic N) is 2. The van der Waals surface area contributed by atoms with E-state index in [4.69, 9.17) is 5.73 Å². The summed E-state index contributed by atoms with van der Waals surface area (Å²) in [4.78, 5) is 5.04. The smallest absolute Gasteiger partial charge is 0.261 e. The first-order valence-corrected chi connectivity index (χ1v) is 5.90. The van der Waals surface area contributed by atoms with Gasteiger partial charge in [-0.3, -0.25) is 4.40 Å². The predicted octanol–water partition coefficient (Wildman–Crippen LogP) is 1.94. The lowest BCUT2D eigenvalue weighted by Crippen LogP contribution is -2.28. The van der Waals surface area contributed by atoms with Gasteiger partial charge in [-0.05, 0) is 6.92 Å². The molecule has 16 heavy (non-hydrogen) atoms. The van der Waals surface area contributed by atoms with Crippen LogP contribution in [0.4, 0.5) is 8.78 Å². The molecule has 3 nitrogen and oxygen atoms in total. The van der Waals surface area contributed by atoms with Gasteiger partial charge < -0.3 is 5.73 Å². The van der Waals surface area contributed by atoms with E-state index in [2.05, 4.69) is 4.98 Å². The first kappa shape index (κ1) is 10.2. The number of aryl methyl sites for hydroxylation is 1. The minimum absolute atomic E-state index is 0.0372. The van der Waals surface area contributed by atoms with Crippen molar-refractivity contribution in [3.63, 3.8) is 0 Å². The Hall–Kier alpha value is -1.01. The van der Waals surface area contributed by atoms with Crippen molar-refractivity contribution in [3.05, 3.63) is 23.0 Å². The van der Waals surface area contributed by atoms with Crippen LogP contribution in [0.15, 0.2) is 11.6 Å². The van der Waals surface area contributed by atoms with Crippen molar-refractivity contribution < 1.29 is 8.78 Å². The van der Waals surface area contributed by atoms with E-state index in [1.54, 1.807) is 17.5 Å². The highest BCUT2D eigenvalue weighted by atomic mass is 32.1. The summed E-state index contributed by atoms with van der Waals surface area (Å²) in [6, 6.07) is 0. The first-order valence-electron chi connectivity index (χ1n) is 5.02. The lowest BCUT2D eigenvalue weighted by Gasteiger charge is -2.14. The molecule has 1 saturated carbocycles. The molecule has 2 heterocycles. The van der Waals surface area contributed by atoms with Gasteiger partial charge in [-0.1, -0.05) is 0 Å². The number of thiazole rings is 1. The third-order valence-electron chi connectivity index (χ3n) is 3.34. The number of alkyl halides is 2. The van der Waals surface area contributed by atoms with E-state index in [0.717, 1.165) is 4.96 Å². The summed E-state index contributed by atoms with van der Waals surface area (Å²) in [7, 11) is 0. The molecule has 0 aliphatic heterocycles. The molecular formula is C10H11F2N3S. The van der Waals surface area contributed by atoms with E-state index in [1.807, 2.05) is 5.38 Å². The molecule has 0 spiro atoms. The highest BCUT2D eigenvalue weighted by Gasteiger charge is 2.72. The molecule has 1 unspecified atom stereocenters. The molecule has 1 atom stereocenters. The number of hydrogen-bond donors (Lipinski definition) is 1. The predicted molar refractivity (Wildman–Crippen MR) is 58.1 cm³/mol. The lowest BCUT2D eigenvalue weighted by atomic mass is 10.0. The van der Waals surface area contributed by atoms with E-state index in [0.29, 0.717) is 11.4 Å². The van der Waals surface area contributed by atoms with E-state index in [9.17, 15) is 8.78 Å². The van der Waals surface area contributed by atoms with Crippen molar-refractivity contribution in [3.8, 4) is 0 Å². The molecule has 86 valence electrons. The fourth-order valence-corrected chi connectivity index (χ4v) is 3.14. The summed E-state index contributed by atoms with van der Waals surface area (Å²) >= 11 is 1.44. The number of imidazole rings is 1. The molecule has 0 amide bonds. The van der Waals surface area contributed by atoms with Gasteiger partial charge in [0.25, 0.3) is 5.92 Å². The molecule has 6 heteroatoms. The molecule has 0 radical (unpaired) electrons.